The Hall–Kier alpha value is -1.75. The molecule has 2 unspecified atom stereocenters. The van der Waals surface area contributed by atoms with Crippen LogP contribution in [0.25, 0.3) is 0 Å². The zero-order valence-corrected chi connectivity index (χ0v) is 13.3. The average Bonchev–Trinajstić information content (AvgIpc) is 2.46. The summed E-state index contributed by atoms with van der Waals surface area (Å²) in [6.07, 6.45) is -0.338. The van der Waals surface area contributed by atoms with Gasteiger partial charge in [-0.15, -0.1) is 0 Å². The third kappa shape index (κ3) is 4.93. The summed E-state index contributed by atoms with van der Waals surface area (Å²) in [4.78, 5) is 12.0. The van der Waals surface area contributed by atoms with Crippen molar-refractivity contribution in [3.63, 3.8) is 0 Å². The third-order valence-electron chi connectivity index (χ3n) is 3.34. The summed E-state index contributed by atoms with van der Waals surface area (Å²) in [5.41, 5.74) is 0.732. The van der Waals surface area contributed by atoms with Crippen LogP contribution >= 0.6 is 0 Å². The van der Waals surface area contributed by atoms with Crippen LogP contribution in [0.1, 0.15) is 45.8 Å². The number of benzene rings is 1. The smallest absolute Gasteiger partial charge is 0.260 e. The Kier molecular flexibility index (Phi) is 6.49. The third-order valence-corrected chi connectivity index (χ3v) is 3.34. The Bertz CT molecular complexity index is 473. The van der Waals surface area contributed by atoms with E-state index >= 15 is 0 Å². The molecular formula is C16H25NO4. The van der Waals surface area contributed by atoms with E-state index in [0.717, 1.165) is 12.0 Å². The van der Waals surface area contributed by atoms with Crippen molar-refractivity contribution < 1.29 is 19.4 Å². The van der Waals surface area contributed by atoms with Crippen molar-refractivity contribution in [2.24, 2.45) is 0 Å². The summed E-state index contributed by atoms with van der Waals surface area (Å²) in [7, 11) is 1.53. The number of methoxy groups -OCH3 is 1. The van der Waals surface area contributed by atoms with E-state index < -0.39 is 12.2 Å². The fourth-order valence-corrected chi connectivity index (χ4v) is 1.75. The number of aliphatic hydroxyl groups excluding tert-OH is 1. The number of rotatable bonds is 7. The fraction of sp³-hybridized carbons (Fsp3) is 0.562. The number of amides is 1. The van der Waals surface area contributed by atoms with Crippen LogP contribution in [-0.2, 0) is 4.79 Å². The lowest BCUT2D eigenvalue weighted by Gasteiger charge is -2.19. The number of hydrogen-bond acceptors (Lipinski definition) is 4. The molecule has 1 aromatic rings. The summed E-state index contributed by atoms with van der Waals surface area (Å²) < 4.78 is 10.9. The molecule has 1 rings (SSSR count). The maximum atomic E-state index is 12.0. The molecular weight excluding hydrogens is 270 g/mol. The predicted molar refractivity (Wildman–Crippen MR) is 81.6 cm³/mol. The van der Waals surface area contributed by atoms with Gasteiger partial charge in [0, 0.05) is 6.04 Å². The maximum Gasteiger partial charge on any atom is 0.260 e. The summed E-state index contributed by atoms with van der Waals surface area (Å²) in [5, 5.41) is 12.4. The molecule has 5 nitrogen and oxygen atoms in total. The first kappa shape index (κ1) is 17.3. The molecule has 1 aromatic carbocycles. The Morgan fingerprint density at radius 2 is 1.95 bits per heavy atom. The van der Waals surface area contributed by atoms with Crippen LogP contribution in [0.3, 0.4) is 0 Å². The number of aliphatic hydroxyl groups is 1. The Labute approximate surface area is 126 Å². The molecule has 21 heavy (non-hydrogen) atoms. The van der Waals surface area contributed by atoms with Crippen LogP contribution in [0, 0.1) is 0 Å². The van der Waals surface area contributed by atoms with Crippen LogP contribution in [0.2, 0.25) is 0 Å². The lowest BCUT2D eigenvalue weighted by atomic mass is 10.1. The van der Waals surface area contributed by atoms with Gasteiger partial charge >= 0.3 is 0 Å². The summed E-state index contributed by atoms with van der Waals surface area (Å²) in [6.45, 7) is 7.33. The number of ether oxygens (including phenoxy) is 2. The minimum absolute atomic E-state index is 0.114. The van der Waals surface area contributed by atoms with Crippen molar-refractivity contribution in [3.05, 3.63) is 23.8 Å². The van der Waals surface area contributed by atoms with E-state index in [0.29, 0.717) is 11.5 Å². The molecule has 0 fully saturated rings. The van der Waals surface area contributed by atoms with E-state index in [4.69, 9.17) is 9.47 Å². The molecule has 5 heteroatoms. The maximum absolute atomic E-state index is 12.0. The molecule has 0 aliphatic heterocycles. The van der Waals surface area contributed by atoms with Crippen molar-refractivity contribution >= 4 is 5.91 Å². The number of carbonyl (C=O) groups is 1. The Balaban J connectivity index is 2.80. The highest BCUT2D eigenvalue weighted by molar-refractivity contribution is 5.81. The molecule has 0 spiro atoms. The van der Waals surface area contributed by atoms with Gasteiger partial charge in [0.2, 0.25) is 0 Å². The van der Waals surface area contributed by atoms with E-state index in [-0.39, 0.29) is 11.9 Å². The first-order chi connectivity index (χ1) is 9.88. The highest BCUT2D eigenvalue weighted by Crippen LogP contribution is 2.31. The Morgan fingerprint density at radius 1 is 1.29 bits per heavy atom. The molecule has 2 N–H and O–H groups in total. The van der Waals surface area contributed by atoms with E-state index in [1.54, 1.807) is 32.0 Å². The number of hydrogen-bond donors (Lipinski definition) is 2. The zero-order valence-electron chi connectivity index (χ0n) is 13.3. The van der Waals surface area contributed by atoms with E-state index in [2.05, 4.69) is 5.32 Å². The van der Waals surface area contributed by atoms with Crippen molar-refractivity contribution in [2.45, 2.75) is 52.4 Å². The topological polar surface area (TPSA) is 67.8 Å². The normalized spacial score (nSPS) is 15.0. The monoisotopic (exact) mass is 295 g/mol. The first-order valence-electron chi connectivity index (χ1n) is 7.22. The second kappa shape index (κ2) is 7.88. The van der Waals surface area contributed by atoms with Crippen molar-refractivity contribution in [2.75, 3.05) is 7.11 Å². The molecule has 0 heterocycles. The molecule has 0 bridgehead atoms. The molecule has 118 valence electrons. The Morgan fingerprint density at radius 3 is 2.48 bits per heavy atom. The summed E-state index contributed by atoms with van der Waals surface area (Å²) >= 11 is 0. The molecule has 0 saturated heterocycles. The molecule has 1 amide bonds. The van der Waals surface area contributed by atoms with Gasteiger partial charge in [-0.3, -0.25) is 4.79 Å². The molecule has 0 aromatic heterocycles. The molecule has 0 radical (unpaired) electrons. The SMILES string of the molecule is CCC(C)NC(=O)C(C)Oc1ccc([C@@H](C)O)cc1OC. The molecule has 0 aliphatic carbocycles. The zero-order chi connectivity index (χ0) is 16.0. The first-order valence-corrected chi connectivity index (χ1v) is 7.22. The van der Waals surface area contributed by atoms with Crippen LogP contribution in [0.4, 0.5) is 0 Å². The van der Waals surface area contributed by atoms with Crippen molar-refractivity contribution in [1.29, 1.82) is 0 Å². The van der Waals surface area contributed by atoms with Gasteiger partial charge in [0.05, 0.1) is 13.2 Å². The van der Waals surface area contributed by atoms with Gasteiger partial charge in [0.15, 0.2) is 17.6 Å². The van der Waals surface area contributed by atoms with Gasteiger partial charge < -0.3 is 19.9 Å². The minimum atomic E-state index is -0.620. The minimum Gasteiger partial charge on any atom is -0.493 e. The summed E-state index contributed by atoms with van der Waals surface area (Å²) in [6, 6.07) is 5.28. The number of carbonyl (C=O) groups excluding carboxylic acids is 1. The second-order valence-corrected chi connectivity index (χ2v) is 5.16. The van der Waals surface area contributed by atoms with Crippen LogP contribution < -0.4 is 14.8 Å². The lowest BCUT2D eigenvalue weighted by molar-refractivity contribution is -0.127. The standard InChI is InChI=1S/C16H25NO4/c1-6-10(2)17-16(19)12(4)21-14-8-7-13(11(3)18)9-15(14)20-5/h7-12,18H,6H2,1-5H3,(H,17,19)/t10?,11-,12?/m1/s1. The van der Waals surface area contributed by atoms with Crippen molar-refractivity contribution in [1.82, 2.24) is 5.32 Å². The van der Waals surface area contributed by atoms with Gasteiger partial charge in [-0.1, -0.05) is 13.0 Å². The largest absolute Gasteiger partial charge is 0.493 e. The van der Waals surface area contributed by atoms with E-state index in [1.165, 1.54) is 7.11 Å². The highest BCUT2D eigenvalue weighted by Gasteiger charge is 2.18. The van der Waals surface area contributed by atoms with Crippen LogP contribution in [0.15, 0.2) is 18.2 Å². The predicted octanol–water partition coefficient (Wildman–Crippen LogP) is 2.43. The lowest BCUT2D eigenvalue weighted by Crippen LogP contribution is -2.41. The van der Waals surface area contributed by atoms with Crippen LogP contribution in [-0.4, -0.2) is 30.3 Å². The van der Waals surface area contributed by atoms with Crippen molar-refractivity contribution in [3.8, 4) is 11.5 Å². The quantitative estimate of drug-likeness (QED) is 0.810. The number of nitrogens with one attached hydrogen (secondary N) is 1. The van der Waals surface area contributed by atoms with Gasteiger partial charge in [0.1, 0.15) is 0 Å². The molecule has 0 saturated carbocycles. The average molecular weight is 295 g/mol. The van der Waals surface area contributed by atoms with Gasteiger partial charge in [-0.05, 0) is 44.9 Å². The highest BCUT2D eigenvalue weighted by atomic mass is 16.5. The molecule has 0 aliphatic rings. The second-order valence-electron chi connectivity index (χ2n) is 5.16. The van der Waals surface area contributed by atoms with E-state index in [9.17, 15) is 9.90 Å². The molecule has 3 atom stereocenters. The fourth-order valence-electron chi connectivity index (χ4n) is 1.75. The van der Waals surface area contributed by atoms with Gasteiger partial charge in [-0.2, -0.15) is 0 Å². The van der Waals surface area contributed by atoms with Crippen LogP contribution in [0.5, 0.6) is 11.5 Å². The van der Waals surface area contributed by atoms with Gasteiger partial charge in [-0.25, -0.2) is 0 Å². The van der Waals surface area contributed by atoms with Gasteiger partial charge in [0.25, 0.3) is 5.91 Å². The van der Waals surface area contributed by atoms with E-state index in [1.807, 2.05) is 13.8 Å². The summed E-state index contributed by atoms with van der Waals surface area (Å²) in [5.74, 6) is 0.816.